The van der Waals surface area contributed by atoms with Gasteiger partial charge in [-0.2, -0.15) is 0 Å². The highest BCUT2D eigenvalue weighted by Crippen LogP contribution is 2.44. The molecule has 0 spiro atoms. The van der Waals surface area contributed by atoms with E-state index < -0.39 is 0 Å². The van der Waals surface area contributed by atoms with Crippen molar-refractivity contribution in [3.8, 4) is 21.8 Å². The van der Waals surface area contributed by atoms with E-state index in [-0.39, 0.29) is 0 Å². The molecule has 3 nitrogen and oxygen atoms in total. The van der Waals surface area contributed by atoms with Gasteiger partial charge in [0.25, 0.3) is 0 Å². The summed E-state index contributed by atoms with van der Waals surface area (Å²) in [6.07, 6.45) is 0. The minimum Gasteiger partial charge on any atom is -0.380 e. The van der Waals surface area contributed by atoms with Crippen LogP contribution in [0.5, 0.6) is 0 Å². The normalized spacial score (nSPS) is 11.3. The molecule has 0 fully saturated rings. The first kappa shape index (κ1) is 12.9. The number of hydrogen-bond donors (Lipinski definition) is 1. The Morgan fingerprint density at radius 1 is 1.14 bits per heavy atom. The quantitative estimate of drug-likeness (QED) is 0.525. The maximum Gasteiger partial charge on any atom is 0.186 e. The zero-order valence-corrected chi connectivity index (χ0v) is 13.1. The Morgan fingerprint density at radius 3 is 2.81 bits per heavy atom. The molecule has 3 aromatic heterocycles. The summed E-state index contributed by atoms with van der Waals surface area (Å²) in [6.45, 7) is 0. The molecule has 104 valence electrons. The molecule has 0 unspecified atom stereocenters. The van der Waals surface area contributed by atoms with Gasteiger partial charge in [-0.1, -0.05) is 35.0 Å². The lowest BCUT2D eigenvalue weighted by molar-refractivity contribution is 0.437. The highest BCUT2D eigenvalue weighted by Gasteiger charge is 2.21. The smallest absolute Gasteiger partial charge is 0.186 e. The highest BCUT2D eigenvalue weighted by atomic mass is 35.5. The van der Waals surface area contributed by atoms with E-state index in [0.717, 1.165) is 16.0 Å². The van der Waals surface area contributed by atoms with Crippen molar-refractivity contribution in [2.24, 2.45) is 0 Å². The predicted octanol–water partition coefficient (Wildman–Crippen LogP) is 5.52. The van der Waals surface area contributed by atoms with Gasteiger partial charge in [0.15, 0.2) is 11.6 Å². The Morgan fingerprint density at radius 2 is 2.00 bits per heavy atom. The van der Waals surface area contributed by atoms with Crippen LogP contribution in [-0.2, 0) is 0 Å². The molecule has 21 heavy (non-hydrogen) atoms. The first-order valence-corrected chi connectivity index (χ1v) is 8.29. The van der Waals surface area contributed by atoms with Gasteiger partial charge in [-0.05, 0) is 23.6 Å². The summed E-state index contributed by atoms with van der Waals surface area (Å²) >= 11 is 9.65. The summed E-state index contributed by atoms with van der Waals surface area (Å²) in [5, 5.41) is 6.63. The number of nitrogens with two attached hydrogens (primary N) is 1. The van der Waals surface area contributed by atoms with E-state index in [2.05, 4.69) is 22.7 Å². The van der Waals surface area contributed by atoms with Crippen molar-refractivity contribution in [2.45, 2.75) is 0 Å². The fourth-order valence-electron chi connectivity index (χ4n) is 2.27. The van der Waals surface area contributed by atoms with Crippen LogP contribution in [0.15, 0.2) is 46.3 Å². The second kappa shape index (κ2) is 4.87. The van der Waals surface area contributed by atoms with Gasteiger partial charge in [0.2, 0.25) is 0 Å². The standard InChI is InChI=1S/C15H9ClN2OS2/c16-9-4-2-1-3-8(9)13-14(19-18-15(13)17)12-7-11-10(21-12)5-6-20-11/h1-7H,(H2,17,18). The van der Waals surface area contributed by atoms with Gasteiger partial charge in [-0.25, -0.2) is 0 Å². The summed E-state index contributed by atoms with van der Waals surface area (Å²) in [5.41, 5.74) is 7.59. The van der Waals surface area contributed by atoms with Crippen LogP contribution < -0.4 is 5.73 Å². The third-order valence-corrected chi connectivity index (χ3v) is 5.65. The van der Waals surface area contributed by atoms with Crippen molar-refractivity contribution in [1.29, 1.82) is 0 Å². The molecule has 4 aromatic rings. The number of hydrogen-bond acceptors (Lipinski definition) is 5. The molecular weight excluding hydrogens is 324 g/mol. The molecule has 0 aliphatic carbocycles. The molecule has 4 rings (SSSR count). The number of fused-ring (bicyclic) bond motifs is 1. The first-order chi connectivity index (χ1) is 10.2. The third-order valence-electron chi connectivity index (χ3n) is 3.22. The van der Waals surface area contributed by atoms with Crippen molar-refractivity contribution in [1.82, 2.24) is 5.16 Å². The van der Waals surface area contributed by atoms with Gasteiger partial charge >= 0.3 is 0 Å². The van der Waals surface area contributed by atoms with E-state index in [1.807, 2.05) is 24.3 Å². The number of thiophene rings is 2. The lowest BCUT2D eigenvalue weighted by Crippen LogP contribution is -1.89. The van der Waals surface area contributed by atoms with E-state index >= 15 is 0 Å². The molecule has 3 heterocycles. The monoisotopic (exact) mass is 332 g/mol. The van der Waals surface area contributed by atoms with E-state index in [1.165, 1.54) is 9.40 Å². The molecule has 2 N–H and O–H groups in total. The fraction of sp³-hybridized carbons (Fsp3) is 0. The van der Waals surface area contributed by atoms with Gasteiger partial charge in [-0.15, -0.1) is 22.7 Å². The van der Waals surface area contributed by atoms with Crippen LogP contribution in [0.25, 0.3) is 31.2 Å². The predicted molar refractivity (Wildman–Crippen MR) is 90.1 cm³/mol. The SMILES string of the molecule is Nc1noc(-c2cc3sccc3s2)c1-c1ccccc1Cl. The molecule has 0 radical (unpaired) electrons. The van der Waals surface area contributed by atoms with Gasteiger partial charge in [0, 0.05) is 20.0 Å². The molecule has 0 atom stereocenters. The molecule has 0 aliphatic rings. The second-order valence-electron chi connectivity index (χ2n) is 4.51. The van der Waals surface area contributed by atoms with Crippen LogP contribution in [0.1, 0.15) is 0 Å². The summed E-state index contributed by atoms with van der Waals surface area (Å²) in [5.74, 6) is 1.03. The van der Waals surface area contributed by atoms with Crippen LogP contribution in [0.2, 0.25) is 5.02 Å². The number of aromatic nitrogens is 1. The van der Waals surface area contributed by atoms with Crippen LogP contribution in [0, 0.1) is 0 Å². The van der Waals surface area contributed by atoms with Crippen molar-refractivity contribution in [3.63, 3.8) is 0 Å². The average molecular weight is 333 g/mol. The Kier molecular flexibility index (Phi) is 2.99. The second-order valence-corrected chi connectivity index (χ2v) is 6.95. The Bertz CT molecular complexity index is 910. The van der Waals surface area contributed by atoms with E-state index in [0.29, 0.717) is 16.6 Å². The minimum absolute atomic E-state index is 0.356. The summed E-state index contributed by atoms with van der Waals surface area (Å²) in [7, 11) is 0. The lowest BCUT2D eigenvalue weighted by Gasteiger charge is -2.03. The number of rotatable bonds is 2. The molecular formula is C15H9ClN2OS2. The summed E-state index contributed by atoms with van der Waals surface area (Å²) in [4.78, 5) is 1.01. The van der Waals surface area contributed by atoms with Crippen LogP contribution in [0.3, 0.4) is 0 Å². The zero-order valence-electron chi connectivity index (χ0n) is 10.7. The molecule has 0 saturated heterocycles. The first-order valence-electron chi connectivity index (χ1n) is 6.21. The van der Waals surface area contributed by atoms with Gasteiger partial charge in [0.05, 0.1) is 10.4 Å². The third kappa shape index (κ3) is 2.05. The van der Waals surface area contributed by atoms with Crippen LogP contribution >= 0.6 is 34.3 Å². The van der Waals surface area contributed by atoms with E-state index in [4.69, 9.17) is 21.9 Å². The van der Waals surface area contributed by atoms with Gasteiger partial charge in [-0.3, -0.25) is 0 Å². The van der Waals surface area contributed by atoms with Gasteiger partial charge in [0.1, 0.15) is 0 Å². The molecule has 0 aliphatic heterocycles. The number of benzene rings is 1. The van der Waals surface area contributed by atoms with Crippen LogP contribution in [-0.4, -0.2) is 5.16 Å². The number of nitrogen functional groups attached to an aromatic ring is 1. The maximum atomic E-state index is 6.29. The number of anilines is 1. The lowest BCUT2D eigenvalue weighted by atomic mass is 10.1. The van der Waals surface area contributed by atoms with Crippen molar-refractivity contribution in [2.75, 3.05) is 5.73 Å². The summed E-state index contributed by atoms with van der Waals surface area (Å²) in [6, 6.07) is 11.8. The average Bonchev–Trinajstić information content (AvgIpc) is 3.13. The van der Waals surface area contributed by atoms with Crippen molar-refractivity contribution in [3.05, 3.63) is 46.8 Å². The molecule has 0 bridgehead atoms. The Balaban J connectivity index is 1.95. The van der Waals surface area contributed by atoms with Crippen molar-refractivity contribution >= 4 is 49.5 Å². The summed E-state index contributed by atoms with van der Waals surface area (Å²) < 4.78 is 7.93. The fourth-order valence-corrected chi connectivity index (χ4v) is 4.59. The molecule has 0 amide bonds. The number of halogens is 1. The minimum atomic E-state index is 0.356. The topological polar surface area (TPSA) is 52.0 Å². The molecule has 0 saturated carbocycles. The maximum absolute atomic E-state index is 6.29. The van der Waals surface area contributed by atoms with Crippen molar-refractivity contribution < 1.29 is 4.52 Å². The molecule has 1 aromatic carbocycles. The molecule has 6 heteroatoms. The van der Waals surface area contributed by atoms with Gasteiger partial charge < -0.3 is 10.3 Å². The van der Waals surface area contributed by atoms with Crippen LogP contribution in [0.4, 0.5) is 5.82 Å². The number of nitrogens with zero attached hydrogens (tertiary/aromatic N) is 1. The zero-order chi connectivity index (χ0) is 14.4. The Labute approximate surface area is 133 Å². The highest BCUT2D eigenvalue weighted by molar-refractivity contribution is 7.28. The van der Waals surface area contributed by atoms with E-state index in [9.17, 15) is 0 Å². The van der Waals surface area contributed by atoms with E-state index in [1.54, 1.807) is 22.7 Å². The Hall–Kier alpha value is -1.82. The largest absolute Gasteiger partial charge is 0.380 e.